The van der Waals surface area contributed by atoms with Crippen molar-refractivity contribution in [3.8, 4) is 0 Å². The number of unbranched alkanes of at least 4 members (excludes halogenated alkanes) is 13. The summed E-state index contributed by atoms with van der Waals surface area (Å²) >= 11 is 0. The van der Waals surface area contributed by atoms with Gasteiger partial charge in [0.25, 0.3) is 0 Å². The fraction of sp³-hybridized carbons (Fsp3) is 1.00. The van der Waals surface area contributed by atoms with E-state index in [-0.39, 0.29) is 57.5 Å². The minimum absolute atomic E-state index is 0. The zero-order valence-electron chi connectivity index (χ0n) is 20.4. The van der Waals surface area contributed by atoms with Gasteiger partial charge in [-0.3, -0.25) is 0 Å². The summed E-state index contributed by atoms with van der Waals surface area (Å²) in [6, 6.07) is 0. The molecule has 4 nitrogen and oxygen atoms in total. The van der Waals surface area contributed by atoms with Gasteiger partial charge in [-0.2, -0.15) is 0 Å². The molecule has 0 saturated carbocycles. The molecule has 0 aromatic rings. The van der Waals surface area contributed by atoms with E-state index in [1.54, 1.807) is 0 Å². The molecule has 0 bridgehead atoms. The number of hydrogen-bond donors (Lipinski definition) is 1. The second kappa shape index (κ2) is 23.7. The largest absolute Gasteiger partial charge is 1.00 e. The number of aliphatic hydroxyl groups excluding tert-OH is 1. The van der Waals surface area contributed by atoms with Crippen LogP contribution in [0.15, 0.2) is 0 Å². The van der Waals surface area contributed by atoms with Gasteiger partial charge in [-0.1, -0.05) is 110 Å². The van der Waals surface area contributed by atoms with Crippen molar-refractivity contribution in [1.29, 1.82) is 0 Å². The SMILES string of the molecule is CCCCCCCCCCCCCCCCC(CCCC(O)CCC)S(=O)(=O)[O-].[K+]. The quantitative estimate of drug-likeness (QED) is 0.146. The van der Waals surface area contributed by atoms with E-state index in [1.807, 2.05) is 6.92 Å². The average Bonchev–Trinajstić information content (AvgIpc) is 2.66. The molecule has 6 heteroatoms. The topological polar surface area (TPSA) is 77.4 Å². The molecule has 0 aliphatic heterocycles. The van der Waals surface area contributed by atoms with Gasteiger partial charge in [0.2, 0.25) is 0 Å². The van der Waals surface area contributed by atoms with Gasteiger partial charge in [-0.15, -0.1) is 0 Å². The van der Waals surface area contributed by atoms with Crippen molar-refractivity contribution in [2.75, 3.05) is 0 Å². The molecule has 0 aromatic carbocycles. The molecule has 0 aliphatic rings. The van der Waals surface area contributed by atoms with Crippen molar-refractivity contribution in [2.45, 2.75) is 154 Å². The Balaban J connectivity index is 0. The number of rotatable bonds is 22. The normalized spacial score (nSPS) is 13.7. The standard InChI is InChI=1S/C24H50O4S.K/c1-3-5-6-7-8-9-10-11-12-13-14-15-16-17-21-24(29(26,27)28)22-18-20-23(25)19-4-2;/h23-25H,3-22H2,1-2H3,(H,26,27,28);/q;+1/p-1. The molecular weight excluding hydrogens is 423 g/mol. The molecule has 0 saturated heterocycles. The molecular formula is C24H49KO4S. The van der Waals surface area contributed by atoms with Crippen LogP contribution in [0.4, 0.5) is 0 Å². The van der Waals surface area contributed by atoms with E-state index in [0.29, 0.717) is 25.7 Å². The summed E-state index contributed by atoms with van der Waals surface area (Å²) in [5.41, 5.74) is 0. The first-order valence-electron chi connectivity index (χ1n) is 12.5. The Hall–Kier alpha value is 1.51. The van der Waals surface area contributed by atoms with Gasteiger partial charge in [0, 0.05) is 5.25 Å². The monoisotopic (exact) mass is 472 g/mol. The molecule has 0 aromatic heterocycles. The van der Waals surface area contributed by atoms with Crippen molar-refractivity contribution in [2.24, 2.45) is 0 Å². The van der Waals surface area contributed by atoms with Gasteiger partial charge >= 0.3 is 51.4 Å². The zero-order chi connectivity index (χ0) is 21.8. The number of hydrogen-bond acceptors (Lipinski definition) is 4. The summed E-state index contributed by atoms with van der Waals surface area (Å²) in [4.78, 5) is 0. The molecule has 2 unspecified atom stereocenters. The predicted molar refractivity (Wildman–Crippen MR) is 123 cm³/mol. The third-order valence-corrected chi connectivity index (χ3v) is 7.26. The molecule has 1 N–H and O–H groups in total. The van der Waals surface area contributed by atoms with Crippen molar-refractivity contribution < 1.29 is 69.5 Å². The smallest absolute Gasteiger partial charge is 0.748 e. The summed E-state index contributed by atoms with van der Waals surface area (Å²) in [7, 11) is -4.22. The van der Waals surface area contributed by atoms with Crippen LogP contribution in [0.25, 0.3) is 0 Å². The third kappa shape index (κ3) is 22.7. The van der Waals surface area contributed by atoms with Crippen LogP contribution >= 0.6 is 0 Å². The Labute approximate surface area is 230 Å². The van der Waals surface area contributed by atoms with Crippen LogP contribution in [-0.2, 0) is 10.1 Å². The Bertz CT molecular complexity index is 442. The summed E-state index contributed by atoms with van der Waals surface area (Å²) < 4.78 is 34.4. The maximum Gasteiger partial charge on any atom is 1.00 e. The molecule has 30 heavy (non-hydrogen) atoms. The van der Waals surface area contributed by atoms with Gasteiger partial charge in [0.1, 0.15) is 0 Å². The Morgan fingerprint density at radius 2 is 1.00 bits per heavy atom. The van der Waals surface area contributed by atoms with E-state index in [0.717, 1.165) is 32.1 Å². The first-order chi connectivity index (χ1) is 13.9. The van der Waals surface area contributed by atoms with Crippen LogP contribution in [-0.4, -0.2) is 29.4 Å². The minimum Gasteiger partial charge on any atom is -0.748 e. The van der Waals surface area contributed by atoms with E-state index in [2.05, 4.69) is 6.92 Å². The van der Waals surface area contributed by atoms with Crippen molar-refractivity contribution in [1.82, 2.24) is 0 Å². The molecule has 0 heterocycles. The zero-order valence-corrected chi connectivity index (χ0v) is 24.3. The molecule has 0 radical (unpaired) electrons. The summed E-state index contributed by atoms with van der Waals surface area (Å²) in [5.74, 6) is 0. The Kier molecular flexibility index (Phi) is 26.6. The molecule has 0 aliphatic carbocycles. The summed E-state index contributed by atoms with van der Waals surface area (Å²) in [5, 5.41) is 8.98. The van der Waals surface area contributed by atoms with Crippen LogP contribution in [0, 0.1) is 0 Å². The van der Waals surface area contributed by atoms with Crippen LogP contribution in [0.1, 0.15) is 142 Å². The van der Waals surface area contributed by atoms with Gasteiger partial charge in [0.05, 0.1) is 16.2 Å². The molecule has 2 atom stereocenters. The van der Waals surface area contributed by atoms with Crippen LogP contribution in [0.5, 0.6) is 0 Å². The van der Waals surface area contributed by atoms with Crippen molar-refractivity contribution in [3.63, 3.8) is 0 Å². The maximum atomic E-state index is 11.5. The first-order valence-corrected chi connectivity index (χ1v) is 14.0. The summed E-state index contributed by atoms with van der Waals surface area (Å²) in [6.45, 7) is 4.27. The molecule has 176 valence electrons. The Morgan fingerprint density at radius 3 is 1.40 bits per heavy atom. The van der Waals surface area contributed by atoms with Gasteiger partial charge < -0.3 is 9.66 Å². The molecule has 0 rings (SSSR count). The minimum atomic E-state index is -4.22. The van der Waals surface area contributed by atoms with Crippen LogP contribution in [0.2, 0.25) is 0 Å². The van der Waals surface area contributed by atoms with E-state index >= 15 is 0 Å². The molecule has 0 fully saturated rings. The van der Waals surface area contributed by atoms with E-state index in [9.17, 15) is 18.1 Å². The van der Waals surface area contributed by atoms with Crippen LogP contribution in [0.3, 0.4) is 0 Å². The second-order valence-corrected chi connectivity index (χ2v) is 10.5. The van der Waals surface area contributed by atoms with Gasteiger partial charge in [0.15, 0.2) is 0 Å². The third-order valence-electron chi connectivity index (χ3n) is 5.97. The van der Waals surface area contributed by atoms with E-state index < -0.39 is 15.4 Å². The second-order valence-electron chi connectivity index (χ2n) is 8.87. The van der Waals surface area contributed by atoms with Crippen molar-refractivity contribution >= 4 is 10.1 Å². The van der Waals surface area contributed by atoms with Crippen molar-refractivity contribution in [3.05, 3.63) is 0 Å². The van der Waals surface area contributed by atoms with Crippen LogP contribution < -0.4 is 51.4 Å². The predicted octanol–water partition coefficient (Wildman–Crippen LogP) is 4.11. The molecule has 0 spiro atoms. The van der Waals surface area contributed by atoms with Gasteiger partial charge in [-0.05, 0) is 32.1 Å². The van der Waals surface area contributed by atoms with E-state index in [4.69, 9.17) is 0 Å². The van der Waals surface area contributed by atoms with E-state index in [1.165, 1.54) is 70.6 Å². The Morgan fingerprint density at radius 1 is 0.600 bits per heavy atom. The first kappa shape index (κ1) is 33.7. The molecule has 0 amide bonds. The summed E-state index contributed by atoms with van der Waals surface area (Å²) in [6.07, 6.45) is 21.1. The maximum absolute atomic E-state index is 11.5. The average molecular weight is 473 g/mol. The number of aliphatic hydroxyl groups is 1. The fourth-order valence-corrected chi connectivity index (χ4v) is 4.97. The fourth-order valence-electron chi connectivity index (χ4n) is 4.06. The van der Waals surface area contributed by atoms with Gasteiger partial charge in [-0.25, -0.2) is 8.42 Å².